The van der Waals surface area contributed by atoms with Gasteiger partial charge in [0.05, 0.1) is 7.11 Å². The number of carbonyl (C=O) groups excluding carboxylic acids is 1. The van der Waals surface area contributed by atoms with E-state index in [1.807, 2.05) is 22.6 Å². The number of hydrogen-bond donors (Lipinski definition) is 0. The minimum Gasteiger partial charge on any atom is -0.464 e. The summed E-state index contributed by atoms with van der Waals surface area (Å²) < 4.78 is 30.9. The number of methoxy groups -OCH3 is 1. The minimum absolute atomic E-state index is 0.512. The van der Waals surface area contributed by atoms with Gasteiger partial charge in [-0.2, -0.15) is 8.78 Å². The van der Waals surface area contributed by atoms with E-state index in [0.717, 1.165) is 26.4 Å². The molecule has 0 unspecified atom stereocenters. The summed E-state index contributed by atoms with van der Waals surface area (Å²) in [7, 11) is 0.963. The van der Waals surface area contributed by atoms with Gasteiger partial charge in [0.2, 0.25) is 0 Å². The Bertz CT molecular complexity index is 278. The molecule has 0 fully saturated rings. The van der Waals surface area contributed by atoms with E-state index in [-0.39, 0.29) is 0 Å². The van der Waals surface area contributed by atoms with Crippen LogP contribution in [0.25, 0.3) is 0 Å². The first-order valence-corrected chi connectivity index (χ1v) is 7.35. The number of rotatable bonds is 9. The fourth-order valence-corrected chi connectivity index (χ4v) is 2.31. The maximum Gasteiger partial charge on any atom is 0.381 e. The number of carbonyl (C=O) groups is 1. The molecule has 0 atom stereocenters. The second kappa shape index (κ2) is 9.69. The molecule has 0 aliphatic rings. The Morgan fingerprint density at radius 1 is 1.22 bits per heavy atom. The number of ether oxygens (including phenoxy) is 1. The number of hydrogen-bond acceptors (Lipinski definition) is 2. The Morgan fingerprint density at radius 3 is 2.33 bits per heavy atom. The summed E-state index contributed by atoms with van der Waals surface area (Å²) in [6, 6.07) is 0. The van der Waals surface area contributed by atoms with Crippen LogP contribution in [0.15, 0.2) is 9.66 Å². The summed E-state index contributed by atoms with van der Waals surface area (Å²) in [5.41, 5.74) is 0. The summed E-state index contributed by atoms with van der Waals surface area (Å²) in [6.07, 6.45) is 8.00. The van der Waals surface area contributed by atoms with Crippen LogP contribution in [0.3, 0.4) is 0 Å². The topological polar surface area (TPSA) is 26.3 Å². The van der Waals surface area contributed by atoms with Crippen molar-refractivity contribution < 1.29 is 18.3 Å². The summed E-state index contributed by atoms with van der Waals surface area (Å²) in [5.74, 6) is -5.01. The molecule has 0 saturated heterocycles. The first kappa shape index (κ1) is 17.8. The monoisotopic (exact) mass is 374 g/mol. The molecular formula is C13H21F2IO2. The normalized spacial score (nSPS) is 12.6. The van der Waals surface area contributed by atoms with Crippen molar-refractivity contribution in [3.8, 4) is 0 Å². The summed E-state index contributed by atoms with van der Waals surface area (Å²) >= 11 is 1.86. The maximum atomic E-state index is 13.2. The highest BCUT2D eigenvalue weighted by Gasteiger charge is 2.37. The first-order chi connectivity index (χ1) is 8.44. The molecule has 0 radical (unpaired) electrons. The van der Waals surface area contributed by atoms with Crippen LogP contribution in [-0.4, -0.2) is 19.0 Å². The van der Waals surface area contributed by atoms with E-state index in [1.165, 1.54) is 19.3 Å². The van der Waals surface area contributed by atoms with Gasteiger partial charge in [0.15, 0.2) is 0 Å². The van der Waals surface area contributed by atoms with Crippen molar-refractivity contribution in [3.05, 3.63) is 9.66 Å². The van der Waals surface area contributed by atoms with Gasteiger partial charge in [-0.1, -0.05) is 39.0 Å². The SMILES string of the molecule is CCCCCCCCC(I)=CC(F)(F)C(=O)OC. The van der Waals surface area contributed by atoms with E-state index in [9.17, 15) is 13.6 Å². The van der Waals surface area contributed by atoms with Gasteiger partial charge in [-0.15, -0.1) is 0 Å². The average Bonchev–Trinajstić information content (AvgIpc) is 2.31. The van der Waals surface area contributed by atoms with Gasteiger partial charge in [-0.25, -0.2) is 4.79 Å². The summed E-state index contributed by atoms with van der Waals surface area (Å²) in [5, 5.41) is 0. The molecule has 0 aliphatic carbocycles. The van der Waals surface area contributed by atoms with Crippen molar-refractivity contribution in [1.82, 2.24) is 0 Å². The highest BCUT2D eigenvalue weighted by molar-refractivity contribution is 14.1. The Kier molecular flexibility index (Phi) is 9.59. The third-order valence-corrected chi connectivity index (χ3v) is 3.42. The van der Waals surface area contributed by atoms with Crippen molar-refractivity contribution in [2.24, 2.45) is 0 Å². The van der Waals surface area contributed by atoms with Gasteiger partial charge < -0.3 is 4.74 Å². The largest absolute Gasteiger partial charge is 0.464 e. The molecule has 0 amide bonds. The van der Waals surface area contributed by atoms with Gasteiger partial charge >= 0.3 is 11.9 Å². The minimum atomic E-state index is -3.51. The van der Waals surface area contributed by atoms with Crippen molar-refractivity contribution in [2.75, 3.05) is 7.11 Å². The van der Waals surface area contributed by atoms with E-state index < -0.39 is 11.9 Å². The van der Waals surface area contributed by atoms with Gasteiger partial charge in [-0.05, 0) is 39.0 Å². The zero-order valence-corrected chi connectivity index (χ0v) is 13.1. The van der Waals surface area contributed by atoms with Crippen molar-refractivity contribution in [1.29, 1.82) is 0 Å². The standard InChI is InChI=1S/C13H21F2IO2/c1-3-4-5-6-7-8-9-11(16)10-13(14,15)12(17)18-2/h10H,3-9H2,1-2H3. The summed E-state index contributed by atoms with van der Waals surface area (Å²) in [6.45, 7) is 2.15. The zero-order chi connectivity index (χ0) is 14.0. The number of unbranched alkanes of at least 4 members (excludes halogenated alkanes) is 5. The van der Waals surface area contributed by atoms with Crippen molar-refractivity contribution >= 4 is 28.6 Å². The van der Waals surface area contributed by atoms with Crippen LogP contribution in [0.5, 0.6) is 0 Å². The van der Waals surface area contributed by atoms with Crippen LogP contribution in [0.1, 0.15) is 51.9 Å². The second-order valence-corrected chi connectivity index (χ2v) is 5.61. The van der Waals surface area contributed by atoms with Crippen LogP contribution in [0.2, 0.25) is 0 Å². The van der Waals surface area contributed by atoms with E-state index in [1.54, 1.807) is 0 Å². The number of halogens is 3. The van der Waals surface area contributed by atoms with Crippen molar-refractivity contribution in [2.45, 2.75) is 57.8 Å². The Balaban J connectivity index is 3.94. The smallest absolute Gasteiger partial charge is 0.381 e. The Morgan fingerprint density at radius 2 is 1.78 bits per heavy atom. The molecule has 18 heavy (non-hydrogen) atoms. The van der Waals surface area contributed by atoms with Crippen LogP contribution in [0, 0.1) is 0 Å². The van der Waals surface area contributed by atoms with Gasteiger partial charge in [0.1, 0.15) is 0 Å². The molecule has 0 spiro atoms. The third-order valence-electron chi connectivity index (χ3n) is 2.56. The van der Waals surface area contributed by atoms with E-state index in [2.05, 4.69) is 11.7 Å². The second-order valence-electron chi connectivity index (χ2n) is 4.22. The first-order valence-electron chi connectivity index (χ1n) is 6.27. The van der Waals surface area contributed by atoms with Gasteiger partial charge in [-0.3, -0.25) is 0 Å². The van der Waals surface area contributed by atoms with E-state index >= 15 is 0 Å². The van der Waals surface area contributed by atoms with Crippen molar-refractivity contribution in [3.63, 3.8) is 0 Å². The fraction of sp³-hybridized carbons (Fsp3) is 0.769. The lowest BCUT2D eigenvalue weighted by atomic mass is 10.1. The van der Waals surface area contributed by atoms with E-state index in [4.69, 9.17) is 0 Å². The van der Waals surface area contributed by atoms with Crippen LogP contribution >= 0.6 is 22.6 Å². The lowest BCUT2D eigenvalue weighted by Crippen LogP contribution is -2.27. The lowest BCUT2D eigenvalue weighted by molar-refractivity contribution is -0.161. The fourth-order valence-electron chi connectivity index (χ4n) is 1.54. The van der Waals surface area contributed by atoms with Gasteiger partial charge in [0, 0.05) is 6.08 Å². The molecule has 0 N–H and O–H groups in total. The predicted octanol–water partition coefficient (Wildman–Crippen LogP) is 4.86. The molecule has 0 aliphatic heterocycles. The predicted molar refractivity (Wildman–Crippen MR) is 77.1 cm³/mol. The van der Waals surface area contributed by atoms with Gasteiger partial charge in [0.25, 0.3) is 0 Å². The molecule has 0 aromatic heterocycles. The third kappa shape index (κ3) is 8.00. The molecule has 0 bridgehead atoms. The quantitative estimate of drug-likeness (QED) is 0.327. The van der Waals surface area contributed by atoms with E-state index in [0.29, 0.717) is 16.1 Å². The van der Waals surface area contributed by atoms with Crippen LogP contribution < -0.4 is 0 Å². The molecule has 0 heterocycles. The molecule has 0 aromatic rings. The highest BCUT2D eigenvalue weighted by Crippen LogP contribution is 2.25. The lowest BCUT2D eigenvalue weighted by Gasteiger charge is -2.09. The Labute approximate surface area is 121 Å². The molecule has 0 aromatic carbocycles. The maximum absolute atomic E-state index is 13.2. The zero-order valence-electron chi connectivity index (χ0n) is 11.0. The Hall–Kier alpha value is -0.200. The summed E-state index contributed by atoms with van der Waals surface area (Å²) in [4.78, 5) is 10.8. The number of allylic oxidation sites excluding steroid dienone is 1. The number of esters is 1. The van der Waals surface area contributed by atoms with Crippen LogP contribution in [-0.2, 0) is 9.53 Å². The molecule has 0 rings (SSSR count). The molecular weight excluding hydrogens is 353 g/mol. The molecule has 5 heteroatoms. The number of alkyl halides is 2. The van der Waals surface area contributed by atoms with Crippen LogP contribution in [0.4, 0.5) is 8.78 Å². The average molecular weight is 374 g/mol. The molecule has 0 saturated carbocycles. The molecule has 2 nitrogen and oxygen atoms in total. The highest BCUT2D eigenvalue weighted by atomic mass is 127. The molecule has 106 valence electrons.